The largest absolute Gasteiger partial charge is 0.506 e. The molecule has 0 amide bonds. The first-order valence-electron chi connectivity index (χ1n) is 12.1. The minimum atomic E-state index is 0.0837. The Morgan fingerprint density at radius 1 is 0.886 bits per heavy atom. The first kappa shape index (κ1) is 23.5. The van der Waals surface area contributed by atoms with E-state index in [0.717, 1.165) is 46.4 Å². The molecule has 1 fully saturated rings. The molecule has 0 spiro atoms. The molecule has 1 saturated heterocycles. The summed E-state index contributed by atoms with van der Waals surface area (Å²) in [5.74, 6) is 1.81. The molecule has 0 radical (unpaired) electrons. The fourth-order valence-electron chi connectivity index (χ4n) is 4.85. The summed E-state index contributed by atoms with van der Waals surface area (Å²) in [4.78, 5) is 2.46. The molecule has 4 nitrogen and oxygen atoms in total. The van der Waals surface area contributed by atoms with E-state index in [-0.39, 0.29) is 5.75 Å². The van der Waals surface area contributed by atoms with Crippen molar-refractivity contribution in [2.24, 2.45) is 0 Å². The van der Waals surface area contributed by atoms with Gasteiger partial charge in [0.1, 0.15) is 23.9 Å². The molecule has 0 aromatic heterocycles. The summed E-state index contributed by atoms with van der Waals surface area (Å²) < 4.78 is 11.4. The SMILES string of the molecule is COc1ccc2c(Cc3ccc(OCCN4CCCC4)cc3)c(-c3ccc(Cl)c(O)c3)ccc2c1. The molecule has 0 aliphatic carbocycles. The maximum Gasteiger partial charge on any atom is 0.134 e. The van der Waals surface area contributed by atoms with Crippen molar-refractivity contribution in [3.8, 4) is 28.4 Å². The molecular weight excluding hydrogens is 458 g/mol. The number of aromatic hydroxyl groups is 1. The van der Waals surface area contributed by atoms with Gasteiger partial charge in [0.05, 0.1) is 12.1 Å². The molecule has 0 saturated carbocycles. The van der Waals surface area contributed by atoms with Crippen molar-refractivity contribution in [3.05, 3.63) is 88.9 Å². The van der Waals surface area contributed by atoms with Crippen molar-refractivity contribution in [2.45, 2.75) is 19.3 Å². The number of benzene rings is 4. The van der Waals surface area contributed by atoms with E-state index in [1.807, 2.05) is 12.1 Å². The molecule has 1 aliphatic heterocycles. The Balaban J connectivity index is 1.43. The number of methoxy groups -OCH3 is 1. The molecule has 180 valence electrons. The van der Waals surface area contributed by atoms with Crippen LogP contribution in [0.1, 0.15) is 24.0 Å². The molecule has 4 aromatic rings. The van der Waals surface area contributed by atoms with Crippen LogP contribution in [0.15, 0.2) is 72.8 Å². The maximum absolute atomic E-state index is 10.2. The van der Waals surface area contributed by atoms with Crippen molar-refractivity contribution in [3.63, 3.8) is 0 Å². The Labute approximate surface area is 211 Å². The van der Waals surface area contributed by atoms with Crippen LogP contribution in [0.5, 0.6) is 17.2 Å². The van der Waals surface area contributed by atoms with Crippen LogP contribution in [-0.4, -0.2) is 43.4 Å². The fourth-order valence-corrected chi connectivity index (χ4v) is 4.96. The van der Waals surface area contributed by atoms with Crippen molar-refractivity contribution in [1.29, 1.82) is 0 Å². The molecule has 5 rings (SSSR count). The Morgan fingerprint density at radius 3 is 2.40 bits per heavy atom. The van der Waals surface area contributed by atoms with Gasteiger partial charge >= 0.3 is 0 Å². The topological polar surface area (TPSA) is 41.9 Å². The van der Waals surface area contributed by atoms with Gasteiger partial charge < -0.3 is 14.6 Å². The molecule has 1 N–H and O–H groups in total. The van der Waals surface area contributed by atoms with Gasteiger partial charge in [-0.3, -0.25) is 4.90 Å². The van der Waals surface area contributed by atoms with Crippen LogP contribution in [0, 0.1) is 0 Å². The van der Waals surface area contributed by atoms with Gasteiger partial charge in [-0.15, -0.1) is 0 Å². The predicted molar refractivity (Wildman–Crippen MR) is 143 cm³/mol. The Morgan fingerprint density at radius 2 is 1.66 bits per heavy atom. The van der Waals surface area contributed by atoms with E-state index in [9.17, 15) is 5.11 Å². The average Bonchev–Trinajstić information content (AvgIpc) is 3.40. The van der Waals surface area contributed by atoms with Gasteiger partial charge in [0.25, 0.3) is 0 Å². The lowest BCUT2D eigenvalue weighted by Gasteiger charge is -2.16. The Hall–Kier alpha value is -3.21. The highest BCUT2D eigenvalue weighted by Crippen LogP contribution is 2.36. The van der Waals surface area contributed by atoms with Gasteiger partial charge in [-0.2, -0.15) is 0 Å². The molecule has 0 unspecified atom stereocenters. The van der Waals surface area contributed by atoms with Crippen molar-refractivity contribution < 1.29 is 14.6 Å². The highest BCUT2D eigenvalue weighted by Gasteiger charge is 2.14. The number of ether oxygens (including phenoxy) is 2. The number of hydrogen-bond donors (Lipinski definition) is 1. The lowest BCUT2D eigenvalue weighted by Crippen LogP contribution is -2.25. The summed E-state index contributed by atoms with van der Waals surface area (Å²) in [5.41, 5.74) is 4.39. The van der Waals surface area contributed by atoms with Crippen molar-refractivity contribution >= 4 is 22.4 Å². The molecule has 0 bridgehead atoms. The van der Waals surface area contributed by atoms with E-state index in [0.29, 0.717) is 11.6 Å². The third kappa shape index (κ3) is 5.39. The standard InChI is InChI=1S/C30H30ClNO3/c1-34-25-10-12-27-22(19-25)6-11-26(23-7-13-29(31)30(33)20-23)28(27)18-21-4-8-24(9-5-21)35-17-16-32-14-2-3-15-32/h4-13,19-20,33H,2-3,14-18H2,1H3. The third-order valence-electron chi connectivity index (χ3n) is 6.77. The Kier molecular flexibility index (Phi) is 7.12. The zero-order valence-electron chi connectivity index (χ0n) is 20.0. The first-order valence-corrected chi connectivity index (χ1v) is 12.5. The van der Waals surface area contributed by atoms with Crippen LogP contribution in [0.25, 0.3) is 21.9 Å². The summed E-state index contributed by atoms with van der Waals surface area (Å²) in [5, 5.41) is 12.8. The lowest BCUT2D eigenvalue weighted by molar-refractivity contribution is 0.238. The second-order valence-electron chi connectivity index (χ2n) is 9.06. The summed E-state index contributed by atoms with van der Waals surface area (Å²) in [6.45, 7) is 4.08. The number of phenols is 1. The van der Waals surface area contributed by atoms with Crippen molar-refractivity contribution in [2.75, 3.05) is 33.4 Å². The molecule has 1 aliphatic rings. The number of hydrogen-bond acceptors (Lipinski definition) is 4. The lowest BCUT2D eigenvalue weighted by atomic mass is 9.90. The highest BCUT2D eigenvalue weighted by molar-refractivity contribution is 6.32. The maximum atomic E-state index is 10.2. The number of rotatable bonds is 8. The fraction of sp³-hybridized carbons (Fsp3) is 0.267. The van der Waals surface area contributed by atoms with Gasteiger partial charge in [0.15, 0.2) is 0 Å². The van der Waals surface area contributed by atoms with Crippen LogP contribution in [0.3, 0.4) is 0 Å². The van der Waals surface area contributed by atoms with Gasteiger partial charge in [0.2, 0.25) is 0 Å². The highest BCUT2D eigenvalue weighted by atomic mass is 35.5. The zero-order valence-corrected chi connectivity index (χ0v) is 20.7. The van der Waals surface area contributed by atoms with E-state index < -0.39 is 0 Å². The second kappa shape index (κ2) is 10.6. The Bertz CT molecular complexity index is 1310. The minimum absolute atomic E-state index is 0.0837. The molecular formula is C30H30ClNO3. The van der Waals surface area contributed by atoms with E-state index >= 15 is 0 Å². The van der Waals surface area contributed by atoms with Gasteiger partial charge in [-0.25, -0.2) is 0 Å². The van der Waals surface area contributed by atoms with Gasteiger partial charge in [-0.1, -0.05) is 48.0 Å². The summed E-state index contributed by atoms with van der Waals surface area (Å²) in [7, 11) is 1.68. The van der Waals surface area contributed by atoms with E-state index in [4.69, 9.17) is 21.1 Å². The number of halogens is 1. The first-order chi connectivity index (χ1) is 17.1. The molecule has 5 heteroatoms. The van der Waals surface area contributed by atoms with Crippen LogP contribution >= 0.6 is 11.6 Å². The van der Waals surface area contributed by atoms with Crippen LogP contribution in [0.4, 0.5) is 0 Å². The summed E-state index contributed by atoms with van der Waals surface area (Å²) in [6.07, 6.45) is 3.34. The minimum Gasteiger partial charge on any atom is -0.506 e. The monoisotopic (exact) mass is 487 g/mol. The summed E-state index contributed by atoms with van der Waals surface area (Å²) in [6, 6.07) is 24.2. The predicted octanol–water partition coefficient (Wildman–Crippen LogP) is 6.94. The van der Waals surface area contributed by atoms with Crippen LogP contribution < -0.4 is 9.47 Å². The number of phenolic OH excluding ortho intramolecular Hbond substituents is 1. The normalized spacial score (nSPS) is 13.9. The number of fused-ring (bicyclic) bond motifs is 1. The summed E-state index contributed by atoms with van der Waals surface area (Å²) >= 11 is 6.08. The number of likely N-dealkylation sites (tertiary alicyclic amines) is 1. The second-order valence-corrected chi connectivity index (χ2v) is 9.47. The average molecular weight is 488 g/mol. The van der Waals surface area contributed by atoms with Crippen LogP contribution in [-0.2, 0) is 6.42 Å². The molecule has 4 aromatic carbocycles. The zero-order chi connectivity index (χ0) is 24.2. The molecule has 1 heterocycles. The third-order valence-corrected chi connectivity index (χ3v) is 7.09. The van der Waals surface area contributed by atoms with E-state index in [2.05, 4.69) is 53.4 Å². The van der Waals surface area contributed by atoms with Gasteiger partial charge in [0, 0.05) is 6.54 Å². The molecule has 0 atom stereocenters. The quantitative estimate of drug-likeness (QED) is 0.292. The van der Waals surface area contributed by atoms with E-state index in [1.165, 1.54) is 37.1 Å². The molecule has 35 heavy (non-hydrogen) atoms. The van der Waals surface area contributed by atoms with E-state index in [1.54, 1.807) is 19.2 Å². The smallest absolute Gasteiger partial charge is 0.134 e. The number of nitrogens with zero attached hydrogens (tertiary/aromatic N) is 1. The van der Waals surface area contributed by atoms with Gasteiger partial charge in [-0.05, 0) is 102 Å². The van der Waals surface area contributed by atoms with Crippen molar-refractivity contribution in [1.82, 2.24) is 4.90 Å². The van der Waals surface area contributed by atoms with Crippen LogP contribution in [0.2, 0.25) is 5.02 Å².